The molecule has 23 nitrogen and oxygen atoms in total. The van der Waals surface area contributed by atoms with Crippen LogP contribution in [0.5, 0.6) is 5.75 Å². The molecule has 0 bridgehead atoms. The number of para-hydroxylation sites is 3. The van der Waals surface area contributed by atoms with Crippen molar-refractivity contribution < 1.29 is 51.8 Å². The topological polar surface area (TPSA) is 234 Å². The van der Waals surface area contributed by atoms with Crippen molar-refractivity contribution in [2.24, 2.45) is 13.0 Å². The first-order chi connectivity index (χ1) is 51.2. The highest BCUT2D eigenvalue weighted by Crippen LogP contribution is 2.36. The molecule has 1 saturated carbocycles. The van der Waals surface area contributed by atoms with E-state index in [1.807, 2.05) is 113 Å². The minimum Gasteiger partial charge on any atom is -0.497 e. The predicted octanol–water partition coefficient (Wildman–Crippen LogP) is 11.5. The number of carbonyl (C=O) groups is 5. The summed E-state index contributed by atoms with van der Waals surface area (Å²) in [7, 11) is 3.30. The Morgan fingerprint density at radius 3 is 1.30 bits per heavy atom. The largest absolute Gasteiger partial charge is 0.497 e. The Morgan fingerprint density at radius 2 is 0.838 bits per heavy atom. The van der Waals surface area contributed by atoms with Gasteiger partial charge in [0.15, 0.2) is 11.5 Å². The highest BCUT2D eigenvalue weighted by atomic mass is 16.5. The number of pyridine rings is 3. The van der Waals surface area contributed by atoms with E-state index in [1.54, 1.807) is 78.1 Å². The number of fused-ring (bicyclic) bond motifs is 3. The lowest BCUT2D eigenvalue weighted by molar-refractivity contribution is 0.0514. The minimum atomic E-state index is -0.657. The summed E-state index contributed by atoms with van der Waals surface area (Å²) in [4.78, 5) is 118. The molecular formula is C82H91N9O14. The van der Waals surface area contributed by atoms with Crippen molar-refractivity contribution in [1.82, 2.24) is 28.4 Å². The second-order valence-electron chi connectivity index (χ2n) is 26.5. The van der Waals surface area contributed by atoms with Crippen LogP contribution in [-0.2, 0) is 40.9 Å². The number of aryl methyl sites for hydroxylation is 2. The van der Waals surface area contributed by atoms with Crippen LogP contribution >= 0.6 is 0 Å². The van der Waals surface area contributed by atoms with Gasteiger partial charge in [-0.3, -0.25) is 28.9 Å². The Balaban J connectivity index is 0.000000149. The second kappa shape index (κ2) is 34.4. The van der Waals surface area contributed by atoms with Gasteiger partial charge in [-0.25, -0.2) is 14.4 Å². The Labute approximate surface area is 609 Å². The average Bonchev–Trinajstić information content (AvgIpc) is 1.03. The quantitative estimate of drug-likeness (QED) is 0.0540. The molecule has 0 unspecified atom stereocenters. The molecule has 0 spiro atoms. The molecule has 3 aliphatic heterocycles. The van der Waals surface area contributed by atoms with Gasteiger partial charge in [0.05, 0.1) is 79.6 Å². The number of furan rings is 2. The molecule has 14 rings (SSSR count). The number of benzene rings is 5. The molecule has 0 N–H and O–H groups in total. The molecule has 23 heteroatoms. The SMILES string of the molecule is CCOC(=O)c1c(N2CCN(C(=O)c3ccco3)CC2)c2ccccc2n(CCC2CCCCC2)c1=O.CCOC(=O)c1c(N2CCN(C(=O)c3ccco3)CC2)c2ccccc2n(Cc2ccc(OC)cc2)c1=O.CCOC(=O)c1c(N2CCN(Cc3ccccc3)CC2)c2ccccc2n(C)c1=O. The van der Waals surface area contributed by atoms with Gasteiger partial charge in [0.2, 0.25) is 0 Å². The van der Waals surface area contributed by atoms with Gasteiger partial charge in [0, 0.05) is 115 Å². The molecule has 0 radical (unpaired) electrons. The molecular weight excluding hydrogens is 1330 g/mol. The summed E-state index contributed by atoms with van der Waals surface area (Å²) in [5.41, 5.74) is 5.61. The summed E-state index contributed by atoms with van der Waals surface area (Å²) in [5.74, 6) is -0.194. The molecule has 2 amide bonds. The maximum Gasteiger partial charge on any atom is 0.345 e. The first-order valence-electron chi connectivity index (χ1n) is 36.4. The lowest BCUT2D eigenvalue weighted by Gasteiger charge is -2.37. The minimum absolute atomic E-state index is 0.00451. The maximum atomic E-state index is 14.0. The second-order valence-corrected chi connectivity index (χ2v) is 26.5. The summed E-state index contributed by atoms with van der Waals surface area (Å²) >= 11 is 0. The highest BCUT2D eigenvalue weighted by Gasteiger charge is 2.35. The number of rotatable bonds is 19. The first kappa shape index (κ1) is 73.5. The van der Waals surface area contributed by atoms with E-state index < -0.39 is 23.5 Å². The van der Waals surface area contributed by atoms with Gasteiger partial charge in [-0.1, -0.05) is 129 Å². The van der Waals surface area contributed by atoms with Gasteiger partial charge in [-0.2, -0.15) is 0 Å². The fourth-order valence-corrected chi connectivity index (χ4v) is 14.8. The third-order valence-electron chi connectivity index (χ3n) is 20.2. The molecule has 8 heterocycles. The van der Waals surface area contributed by atoms with Crippen molar-refractivity contribution in [2.75, 3.05) is 120 Å². The molecule has 3 saturated heterocycles. The van der Waals surface area contributed by atoms with Crippen molar-refractivity contribution in [3.05, 3.63) is 235 Å². The summed E-state index contributed by atoms with van der Waals surface area (Å²) in [5, 5.41) is 2.54. The van der Waals surface area contributed by atoms with E-state index in [0.29, 0.717) is 93.2 Å². The van der Waals surface area contributed by atoms with E-state index in [-0.39, 0.29) is 71.7 Å². The van der Waals surface area contributed by atoms with Crippen LogP contribution in [-0.4, -0.2) is 164 Å². The molecule has 4 aliphatic rings. The van der Waals surface area contributed by atoms with E-state index in [1.165, 1.54) is 54.8 Å². The van der Waals surface area contributed by atoms with Crippen LogP contribution in [0.4, 0.5) is 17.1 Å². The molecule has 1 aliphatic carbocycles. The summed E-state index contributed by atoms with van der Waals surface area (Å²) < 4.78 is 36.7. The lowest BCUT2D eigenvalue weighted by Crippen LogP contribution is -2.49. The zero-order valence-electron chi connectivity index (χ0n) is 60.4. The average molecular weight is 1430 g/mol. The predicted molar refractivity (Wildman–Crippen MR) is 404 cm³/mol. The Hall–Kier alpha value is -11.2. The van der Waals surface area contributed by atoms with E-state index in [9.17, 15) is 38.4 Å². The Bertz CT molecular complexity index is 4870. The number of aromatic nitrogens is 3. The molecule has 5 aromatic heterocycles. The standard InChI is InChI=1S/C29H29N3O6.C29H35N3O5.C24H27N3O3/c1-3-37-29(35)25-26(30-14-16-31(17-15-30)27(33)24-9-6-18-38-24)22-7-4-5-8-23(22)32(28(25)34)19-20-10-12-21(36-2)13-11-20;1-2-36-29(35)25-26(30-16-18-31(19-17-30)27(33)24-13-8-20-37-24)22-11-6-7-12-23(22)32(28(25)34)15-14-21-9-4-3-5-10-21;1-3-30-24(29)21-22(19-11-7-8-12-20(19)25(2)23(21)28)27-15-13-26(14-16-27)17-18-9-5-4-6-10-18/h4-13,18H,3,14-17,19H2,1-2H3;6-8,11-13,20-21H,2-5,9-10,14-19H2,1H3;4-12H,3,13-17H2,1-2H3. The van der Waals surface area contributed by atoms with Crippen molar-refractivity contribution in [2.45, 2.75) is 78.9 Å². The van der Waals surface area contributed by atoms with Gasteiger partial charge >= 0.3 is 17.9 Å². The number of ether oxygens (including phenoxy) is 4. The van der Waals surface area contributed by atoms with Crippen LogP contribution in [0.1, 0.15) is 123 Å². The van der Waals surface area contributed by atoms with Gasteiger partial charge in [-0.15, -0.1) is 0 Å². The van der Waals surface area contributed by atoms with Crippen LogP contribution in [0.3, 0.4) is 0 Å². The molecule has 10 aromatic rings. The number of carbonyl (C=O) groups excluding carboxylic acids is 5. The van der Waals surface area contributed by atoms with Crippen LogP contribution in [0.2, 0.25) is 0 Å². The number of esters is 3. The monoisotopic (exact) mass is 1430 g/mol. The fourth-order valence-electron chi connectivity index (χ4n) is 14.8. The third kappa shape index (κ3) is 16.4. The number of anilines is 3. The highest BCUT2D eigenvalue weighted by molar-refractivity contribution is 6.08. The van der Waals surface area contributed by atoms with Crippen LogP contribution in [0.25, 0.3) is 32.7 Å². The van der Waals surface area contributed by atoms with E-state index in [4.69, 9.17) is 27.8 Å². The smallest absolute Gasteiger partial charge is 0.345 e. The maximum absolute atomic E-state index is 14.0. The molecule has 4 fully saturated rings. The van der Waals surface area contributed by atoms with Crippen LogP contribution in [0, 0.1) is 5.92 Å². The first-order valence-corrected chi connectivity index (χ1v) is 36.4. The molecule has 105 heavy (non-hydrogen) atoms. The summed E-state index contributed by atoms with van der Waals surface area (Å²) in [6.07, 6.45) is 10.1. The molecule has 0 atom stereocenters. The number of amides is 2. The van der Waals surface area contributed by atoms with E-state index in [2.05, 4.69) is 34.1 Å². The molecule has 548 valence electrons. The fraction of sp³-hybridized carbons (Fsp3) is 0.366. The molecule has 5 aromatic carbocycles. The van der Waals surface area contributed by atoms with Gasteiger partial charge in [-0.05, 0) is 98.8 Å². The Morgan fingerprint density at radius 1 is 0.429 bits per heavy atom. The zero-order chi connectivity index (χ0) is 73.5. The van der Waals surface area contributed by atoms with Crippen molar-refractivity contribution in [3.8, 4) is 5.75 Å². The van der Waals surface area contributed by atoms with Crippen molar-refractivity contribution >= 4 is 79.5 Å². The van der Waals surface area contributed by atoms with Gasteiger partial charge < -0.3 is 66.0 Å². The van der Waals surface area contributed by atoms with E-state index in [0.717, 1.165) is 77.6 Å². The van der Waals surface area contributed by atoms with Crippen molar-refractivity contribution in [3.63, 3.8) is 0 Å². The van der Waals surface area contributed by atoms with Gasteiger partial charge in [0.1, 0.15) is 22.4 Å². The van der Waals surface area contributed by atoms with E-state index >= 15 is 0 Å². The normalized spacial score (nSPS) is 15.0. The van der Waals surface area contributed by atoms with Crippen LogP contribution < -0.4 is 36.1 Å². The summed E-state index contributed by atoms with van der Waals surface area (Å²) in [6, 6.07) is 47.7. The van der Waals surface area contributed by atoms with Crippen molar-refractivity contribution in [1.29, 1.82) is 0 Å². The lowest BCUT2D eigenvalue weighted by atomic mass is 9.87. The van der Waals surface area contributed by atoms with Crippen LogP contribution in [0.15, 0.2) is 187 Å². The number of hydrogen-bond donors (Lipinski definition) is 0. The van der Waals surface area contributed by atoms with Gasteiger partial charge in [0.25, 0.3) is 28.5 Å². The number of piperazine rings is 3. The summed E-state index contributed by atoms with van der Waals surface area (Å²) in [6.45, 7) is 14.4. The third-order valence-corrected chi connectivity index (χ3v) is 20.2. The number of nitrogens with zero attached hydrogens (tertiary/aromatic N) is 9. The zero-order valence-corrected chi connectivity index (χ0v) is 60.4. The Kier molecular flexibility index (Phi) is 24.1. The number of methoxy groups -OCH3 is 1. The number of hydrogen-bond acceptors (Lipinski definition) is 18.